The molecule has 4 rings (SSSR count). The number of hydrogen-bond donors (Lipinski definition) is 0. The van der Waals surface area contributed by atoms with E-state index in [2.05, 4.69) is 0 Å². The van der Waals surface area contributed by atoms with E-state index in [9.17, 15) is 17.6 Å². The first-order valence-corrected chi connectivity index (χ1v) is 11.6. The number of halogens is 1. The Hall–Kier alpha value is -1.51. The smallest absolute Gasteiger partial charge is 0.257 e. The van der Waals surface area contributed by atoms with Gasteiger partial charge in [-0.15, -0.1) is 0 Å². The van der Waals surface area contributed by atoms with Crippen LogP contribution >= 0.6 is 0 Å². The second-order valence-electron chi connectivity index (χ2n) is 7.91. The molecular weight excluding hydrogens is 383 g/mol. The van der Waals surface area contributed by atoms with Crippen molar-refractivity contribution in [3.8, 4) is 0 Å². The summed E-state index contributed by atoms with van der Waals surface area (Å²) in [6, 6.07) is 3.71. The number of rotatable bonds is 3. The number of amides is 1. The minimum absolute atomic E-state index is 0.0312. The van der Waals surface area contributed by atoms with Gasteiger partial charge in [0.05, 0.1) is 23.7 Å². The summed E-state index contributed by atoms with van der Waals surface area (Å²) in [6.07, 6.45) is 6.36. The Morgan fingerprint density at radius 1 is 1.04 bits per heavy atom. The topological polar surface area (TPSA) is 66.9 Å². The number of morpholine rings is 1. The molecule has 2 aliphatic heterocycles. The van der Waals surface area contributed by atoms with E-state index in [0.717, 1.165) is 38.2 Å². The van der Waals surface area contributed by atoms with E-state index >= 15 is 0 Å². The second-order valence-corrected chi connectivity index (χ2v) is 9.85. The third kappa shape index (κ3) is 3.69. The lowest BCUT2D eigenvalue weighted by molar-refractivity contribution is 0.0386. The number of ether oxygens (including phenoxy) is 1. The van der Waals surface area contributed by atoms with Crippen molar-refractivity contribution >= 4 is 15.9 Å². The van der Waals surface area contributed by atoms with Gasteiger partial charge in [-0.05, 0) is 49.8 Å². The summed E-state index contributed by atoms with van der Waals surface area (Å²) in [5.74, 6) is -0.563. The highest BCUT2D eigenvalue weighted by atomic mass is 32.2. The van der Waals surface area contributed by atoms with Crippen LogP contribution in [0.5, 0.6) is 0 Å². The molecule has 0 N–H and O–H groups in total. The standard InChI is InChI=1S/C20H27FN2O4S/c21-18-8-7-16(28(25,26)22-10-12-27-13-11-22)14-17(18)20(24)23-9-3-5-15-4-1-2-6-19(15)23/h7-8,14-15,19H,1-6,9-13H2/t15-,19+/m1/s1. The fraction of sp³-hybridized carbons (Fsp3) is 0.650. The summed E-state index contributed by atoms with van der Waals surface area (Å²) in [4.78, 5) is 14.9. The van der Waals surface area contributed by atoms with Crippen LogP contribution in [0.4, 0.5) is 4.39 Å². The van der Waals surface area contributed by atoms with Crippen LogP contribution in [0.2, 0.25) is 0 Å². The van der Waals surface area contributed by atoms with Crippen LogP contribution in [0.25, 0.3) is 0 Å². The van der Waals surface area contributed by atoms with E-state index in [1.807, 2.05) is 0 Å². The van der Waals surface area contributed by atoms with Gasteiger partial charge in [0, 0.05) is 25.7 Å². The monoisotopic (exact) mass is 410 g/mol. The van der Waals surface area contributed by atoms with Crippen molar-refractivity contribution in [3.63, 3.8) is 0 Å². The molecule has 2 atom stereocenters. The molecule has 8 heteroatoms. The van der Waals surface area contributed by atoms with Crippen LogP contribution in [0, 0.1) is 11.7 Å². The van der Waals surface area contributed by atoms with Gasteiger partial charge in [0.25, 0.3) is 5.91 Å². The van der Waals surface area contributed by atoms with Crippen molar-refractivity contribution in [2.24, 2.45) is 5.92 Å². The maximum absolute atomic E-state index is 14.6. The normalized spacial score (nSPS) is 26.7. The molecule has 1 aromatic rings. The first kappa shape index (κ1) is 19.8. The molecule has 0 bridgehead atoms. The molecule has 3 aliphatic rings. The van der Waals surface area contributed by atoms with Crippen LogP contribution in [-0.4, -0.2) is 62.4 Å². The summed E-state index contributed by atoms with van der Waals surface area (Å²) < 4.78 is 46.9. The Labute approximate surface area is 165 Å². The van der Waals surface area contributed by atoms with E-state index in [4.69, 9.17) is 4.74 Å². The number of piperidine rings is 1. The van der Waals surface area contributed by atoms with Gasteiger partial charge < -0.3 is 9.64 Å². The zero-order valence-electron chi connectivity index (χ0n) is 16.0. The summed E-state index contributed by atoms with van der Waals surface area (Å²) in [7, 11) is -3.77. The Balaban J connectivity index is 1.62. The number of fused-ring (bicyclic) bond motifs is 1. The molecule has 0 radical (unpaired) electrons. The Bertz CT molecular complexity index is 837. The molecule has 0 aromatic heterocycles. The van der Waals surface area contributed by atoms with Crippen molar-refractivity contribution in [1.82, 2.24) is 9.21 Å². The molecule has 0 spiro atoms. The fourth-order valence-electron chi connectivity index (χ4n) is 4.80. The summed E-state index contributed by atoms with van der Waals surface area (Å²) >= 11 is 0. The highest BCUT2D eigenvalue weighted by Crippen LogP contribution is 2.36. The van der Waals surface area contributed by atoms with E-state index in [0.29, 0.717) is 25.7 Å². The molecule has 2 heterocycles. The van der Waals surface area contributed by atoms with Crippen molar-refractivity contribution in [3.05, 3.63) is 29.6 Å². The zero-order valence-corrected chi connectivity index (χ0v) is 16.8. The van der Waals surface area contributed by atoms with Gasteiger partial charge in [-0.25, -0.2) is 12.8 Å². The van der Waals surface area contributed by atoms with Gasteiger partial charge in [-0.2, -0.15) is 4.31 Å². The summed E-state index contributed by atoms with van der Waals surface area (Å²) in [5, 5.41) is 0. The van der Waals surface area contributed by atoms with Gasteiger partial charge in [0.15, 0.2) is 0 Å². The van der Waals surface area contributed by atoms with Gasteiger partial charge in [-0.3, -0.25) is 4.79 Å². The fourth-order valence-corrected chi connectivity index (χ4v) is 6.23. The van der Waals surface area contributed by atoms with Crippen molar-refractivity contribution in [1.29, 1.82) is 0 Å². The molecule has 1 aromatic carbocycles. The molecule has 0 unspecified atom stereocenters. The van der Waals surface area contributed by atoms with E-state index in [-0.39, 0.29) is 35.5 Å². The zero-order chi connectivity index (χ0) is 19.7. The maximum Gasteiger partial charge on any atom is 0.257 e. The number of carbonyl (C=O) groups excluding carboxylic acids is 1. The van der Waals surface area contributed by atoms with Crippen LogP contribution in [0.1, 0.15) is 48.9 Å². The van der Waals surface area contributed by atoms with Gasteiger partial charge in [0.1, 0.15) is 5.82 Å². The maximum atomic E-state index is 14.6. The largest absolute Gasteiger partial charge is 0.379 e. The molecule has 1 amide bonds. The van der Waals surface area contributed by atoms with Gasteiger partial charge in [0.2, 0.25) is 10.0 Å². The third-order valence-corrected chi connectivity index (χ3v) is 8.17. The number of carbonyl (C=O) groups is 1. The highest BCUT2D eigenvalue weighted by Gasteiger charge is 2.37. The summed E-state index contributed by atoms with van der Waals surface area (Å²) in [5.41, 5.74) is -0.138. The quantitative estimate of drug-likeness (QED) is 0.768. The molecule has 154 valence electrons. The first-order valence-electron chi connectivity index (χ1n) is 10.2. The molecule has 28 heavy (non-hydrogen) atoms. The molecule has 3 fully saturated rings. The van der Waals surface area contributed by atoms with Gasteiger partial charge >= 0.3 is 0 Å². The van der Waals surface area contributed by atoms with Gasteiger partial charge in [-0.1, -0.05) is 12.8 Å². The van der Waals surface area contributed by atoms with Crippen molar-refractivity contribution < 1.29 is 22.3 Å². The van der Waals surface area contributed by atoms with E-state index in [1.54, 1.807) is 4.90 Å². The number of benzene rings is 1. The number of hydrogen-bond acceptors (Lipinski definition) is 4. The minimum atomic E-state index is -3.77. The van der Waals surface area contributed by atoms with Crippen LogP contribution in [0.3, 0.4) is 0 Å². The number of nitrogens with zero attached hydrogens (tertiary/aromatic N) is 2. The number of likely N-dealkylation sites (tertiary alicyclic amines) is 1. The Morgan fingerprint density at radius 3 is 2.54 bits per heavy atom. The highest BCUT2D eigenvalue weighted by molar-refractivity contribution is 7.89. The first-order chi connectivity index (χ1) is 13.5. The van der Waals surface area contributed by atoms with Crippen molar-refractivity contribution in [2.45, 2.75) is 49.5 Å². The minimum Gasteiger partial charge on any atom is -0.379 e. The third-order valence-electron chi connectivity index (χ3n) is 6.28. The Kier molecular flexibility index (Phi) is 5.71. The lowest BCUT2D eigenvalue weighted by Crippen LogP contribution is -2.49. The van der Waals surface area contributed by atoms with Crippen molar-refractivity contribution in [2.75, 3.05) is 32.8 Å². The number of sulfonamides is 1. The average molecular weight is 411 g/mol. The second kappa shape index (κ2) is 8.08. The van der Waals surface area contributed by atoms with E-state index < -0.39 is 15.8 Å². The predicted octanol–water partition coefficient (Wildman–Crippen LogP) is 2.64. The Morgan fingerprint density at radius 2 is 1.75 bits per heavy atom. The lowest BCUT2D eigenvalue weighted by Gasteiger charge is -2.44. The predicted molar refractivity (Wildman–Crippen MR) is 102 cm³/mol. The summed E-state index contributed by atoms with van der Waals surface area (Å²) in [6.45, 7) is 1.81. The van der Waals surface area contributed by atoms with Crippen LogP contribution < -0.4 is 0 Å². The molecule has 1 saturated carbocycles. The lowest BCUT2D eigenvalue weighted by atomic mass is 9.78. The van der Waals surface area contributed by atoms with E-state index in [1.165, 1.54) is 22.9 Å². The molecule has 1 aliphatic carbocycles. The molecule has 6 nitrogen and oxygen atoms in total. The molecular formula is C20H27FN2O4S. The van der Waals surface area contributed by atoms with Crippen LogP contribution in [0.15, 0.2) is 23.1 Å². The molecule has 2 saturated heterocycles. The average Bonchev–Trinajstić information content (AvgIpc) is 2.73. The van der Waals surface area contributed by atoms with Crippen LogP contribution in [-0.2, 0) is 14.8 Å². The SMILES string of the molecule is O=C(c1cc(S(=O)(=O)N2CCOCC2)ccc1F)N1CCC[C@H]2CCCC[C@@H]21.